The summed E-state index contributed by atoms with van der Waals surface area (Å²) in [6, 6.07) is 24.3. The van der Waals surface area contributed by atoms with E-state index in [1.807, 2.05) is 73.7 Å². The van der Waals surface area contributed by atoms with Gasteiger partial charge in [0.1, 0.15) is 0 Å². The monoisotopic (exact) mass is 339 g/mol. The predicted octanol–water partition coefficient (Wildman–Crippen LogP) is 4.72. The van der Waals surface area contributed by atoms with E-state index in [2.05, 4.69) is 0 Å². The Balaban J connectivity index is 1.90. The summed E-state index contributed by atoms with van der Waals surface area (Å²) in [6.07, 6.45) is 1.84. The van der Waals surface area contributed by atoms with Crippen LogP contribution in [-0.4, -0.2) is 11.8 Å². The summed E-state index contributed by atoms with van der Waals surface area (Å²) in [7, 11) is 0. The lowest BCUT2D eigenvalue weighted by molar-refractivity contribution is -0.112. The summed E-state index contributed by atoms with van der Waals surface area (Å²) in [5.74, 6) is -0.596. The molecule has 0 spiro atoms. The van der Waals surface area contributed by atoms with Gasteiger partial charge in [0.25, 0.3) is 11.8 Å². The van der Waals surface area contributed by atoms with E-state index in [0.29, 0.717) is 22.4 Å². The number of imide groups is 1. The third-order valence-electron chi connectivity index (χ3n) is 4.49. The number of benzene rings is 3. The quantitative estimate of drug-likeness (QED) is 0.500. The molecule has 26 heavy (non-hydrogen) atoms. The molecule has 0 bridgehead atoms. The average molecular weight is 339 g/mol. The third kappa shape index (κ3) is 2.74. The molecule has 3 aromatic rings. The topological polar surface area (TPSA) is 37.4 Å². The first-order valence-electron chi connectivity index (χ1n) is 8.47. The largest absolute Gasteiger partial charge is 0.268 e. The van der Waals surface area contributed by atoms with E-state index < -0.39 is 0 Å². The van der Waals surface area contributed by atoms with Crippen molar-refractivity contribution in [3.8, 4) is 0 Å². The molecule has 3 heteroatoms. The SMILES string of the molecule is Cc1ccc(N2C(=O)/C(=C\c3ccccc3)c3ccccc3C2=O)cc1. The van der Waals surface area contributed by atoms with E-state index in [4.69, 9.17) is 0 Å². The summed E-state index contributed by atoms with van der Waals surface area (Å²) in [5.41, 5.74) is 4.31. The summed E-state index contributed by atoms with van der Waals surface area (Å²) in [6.45, 7) is 1.97. The molecule has 4 rings (SSSR count). The van der Waals surface area contributed by atoms with Crippen LogP contribution in [0.15, 0.2) is 78.9 Å². The first kappa shape index (κ1) is 16.0. The zero-order valence-corrected chi connectivity index (χ0v) is 14.3. The maximum atomic E-state index is 13.2. The van der Waals surface area contributed by atoms with E-state index in [-0.39, 0.29) is 11.8 Å². The Labute approximate surface area is 152 Å². The molecule has 0 aromatic heterocycles. The van der Waals surface area contributed by atoms with Gasteiger partial charge in [-0.2, -0.15) is 0 Å². The minimum atomic E-state index is -0.304. The van der Waals surface area contributed by atoms with E-state index in [1.54, 1.807) is 18.2 Å². The lowest BCUT2D eigenvalue weighted by atomic mass is 9.91. The lowest BCUT2D eigenvalue weighted by Crippen LogP contribution is -2.41. The van der Waals surface area contributed by atoms with Crippen molar-refractivity contribution >= 4 is 29.2 Å². The molecular formula is C23H17NO2. The summed E-state index contributed by atoms with van der Waals surface area (Å²) < 4.78 is 0. The summed E-state index contributed by atoms with van der Waals surface area (Å²) in [4.78, 5) is 27.5. The molecule has 0 fully saturated rings. The van der Waals surface area contributed by atoms with Gasteiger partial charge in [-0.3, -0.25) is 9.59 Å². The fourth-order valence-electron chi connectivity index (χ4n) is 3.14. The van der Waals surface area contributed by atoms with Crippen LogP contribution in [-0.2, 0) is 4.79 Å². The second-order valence-electron chi connectivity index (χ2n) is 6.30. The molecule has 3 nitrogen and oxygen atoms in total. The van der Waals surface area contributed by atoms with Crippen molar-refractivity contribution < 1.29 is 9.59 Å². The van der Waals surface area contributed by atoms with Crippen LogP contribution in [0.2, 0.25) is 0 Å². The second-order valence-corrected chi connectivity index (χ2v) is 6.30. The Hall–Kier alpha value is -3.46. The Morgan fingerprint density at radius 1 is 0.692 bits per heavy atom. The number of rotatable bonds is 2. The number of aryl methyl sites for hydroxylation is 1. The van der Waals surface area contributed by atoms with Crippen molar-refractivity contribution in [2.75, 3.05) is 4.90 Å². The predicted molar refractivity (Wildman–Crippen MR) is 104 cm³/mol. The van der Waals surface area contributed by atoms with Crippen molar-refractivity contribution in [1.82, 2.24) is 0 Å². The number of nitrogens with zero attached hydrogens (tertiary/aromatic N) is 1. The van der Waals surface area contributed by atoms with Crippen LogP contribution >= 0.6 is 0 Å². The fraction of sp³-hybridized carbons (Fsp3) is 0.0435. The van der Waals surface area contributed by atoms with Gasteiger partial charge in [0.2, 0.25) is 0 Å². The van der Waals surface area contributed by atoms with Crippen LogP contribution in [0.4, 0.5) is 5.69 Å². The maximum Gasteiger partial charge on any atom is 0.265 e. The van der Waals surface area contributed by atoms with Crippen molar-refractivity contribution in [1.29, 1.82) is 0 Å². The summed E-state index contributed by atoms with van der Waals surface area (Å²) >= 11 is 0. The molecule has 0 saturated heterocycles. The highest BCUT2D eigenvalue weighted by Gasteiger charge is 2.35. The smallest absolute Gasteiger partial charge is 0.265 e. The molecule has 2 amide bonds. The number of anilines is 1. The zero-order valence-electron chi connectivity index (χ0n) is 14.3. The first-order chi connectivity index (χ1) is 12.6. The summed E-state index contributed by atoms with van der Waals surface area (Å²) in [5, 5.41) is 0. The van der Waals surface area contributed by atoms with Gasteiger partial charge in [-0.1, -0.05) is 66.2 Å². The Morgan fingerprint density at radius 3 is 2.00 bits per heavy atom. The average Bonchev–Trinajstić information content (AvgIpc) is 2.67. The minimum Gasteiger partial charge on any atom is -0.268 e. The van der Waals surface area contributed by atoms with Crippen LogP contribution in [0.3, 0.4) is 0 Å². The van der Waals surface area contributed by atoms with Crippen molar-refractivity contribution in [2.45, 2.75) is 6.92 Å². The Bertz CT molecular complexity index is 1020. The van der Waals surface area contributed by atoms with Crippen LogP contribution in [0.1, 0.15) is 27.0 Å². The van der Waals surface area contributed by atoms with E-state index in [1.165, 1.54) is 4.90 Å². The van der Waals surface area contributed by atoms with Gasteiger partial charge >= 0.3 is 0 Å². The number of amides is 2. The van der Waals surface area contributed by atoms with Crippen LogP contribution in [0.25, 0.3) is 11.6 Å². The lowest BCUT2D eigenvalue weighted by Gasteiger charge is -2.28. The molecule has 0 radical (unpaired) electrons. The van der Waals surface area contributed by atoms with Crippen LogP contribution < -0.4 is 4.90 Å². The van der Waals surface area contributed by atoms with E-state index in [9.17, 15) is 9.59 Å². The van der Waals surface area contributed by atoms with Crippen molar-refractivity contribution in [2.24, 2.45) is 0 Å². The van der Waals surface area contributed by atoms with Gasteiger partial charge < -0.3 is 0 Å². The highest BCUT2D eigenvalue weighted by molar-refractivity contribution is 6.43. The molecule has 0 unspecified atom stereocenters. The molecule has 0 atom stereocenters. The molecule has 0 N–H and O–H groups in total. The molecule has 1 aliphatic heterocycles. The number of hydrogen-bond acceptors (Lipinski definition) is 2. The second kappa shape index (κ2) is 6.45. The van der Waals surface area contributed by atoms with Crippen molar-refractivity contribution in [3.05, 3.63) is 101 Å². The van der Waals surface area contributed by atoms with E-state index >= 15 is 0 Å². The van der Waals surface area contributed by atoms with Gasteiger partial charge in [0, 0.05) is 11.1 Å². The molecule has 1 aliphatic rings. The molecule has 1 heterocycles. The fourth-order valence-corrected chi connectivity index (χ4v) is 3.14. The standard InChI is InChI=1S/C23H17NO2/c1-16-11-13-18(14-12-16)24-22(25)20-10-6-5-9-19(20)21(23(24)26)15-17-7-3-2-4-8-17/h2-15H,1H3/b21-15-. The first-order valence-corrected chi connectivity index (χ1v) is 8.47. The minimum absolute atomic E-state index is 0.292. The number of carbonyl (C=O) groups is 2. The van der Waals surface area contributed by atoms with Gasteiger partial charge in [0.15, 0.2) is 0 Å². The van der Waals surface area contributed by atoms with Crippen LogP contribution in [0.5, 0.6) is 0 Å². The third-order valence-corrected chi connectivity index (χ3v) is 4.49. The molecular weight excluding hydrogens is 322 g/mol. The van der Waals surface area contributed by atoms with Gasteiger partial charge in [-0.25, -0.2) is 4.90 Å². The Morgan fingerprint density at radius 2 is 1.31 bits per heavy atom. The molecule has 3 aromatic carbocycles. The van der Waals surface area contributed by atoms with Crippen molar-refractivity contribution in [3.63, 3.8) is 0 Å². The number of carbonyl (C=O) groups excluding carboxylic acids is 2. The Kier molecular flexibility index (Phi) is 3.98. The van der Waals surface area contributed by atoms with E-state index in [0.717, 1.165) is 11.1 Å². The van der Waals surface area contributed by atoms with Gasteiger partial charge in [-0.15, -0.1) is 0 Å². The normalized spacial score (nSPS) is 15.3. The highest BCUT2D eigenvalue weighted by Crippen LogP contribution is 2.33. The molecule has 0 aliphatic carbocycles. The van der Waals surface area contributed by atoms with Gasteiger partial charge in [-0.05, 0) is 42.3 Å². The zero-order chi connectivity index (χ0) is 18.1. The molecule has 126 valence electrons. The number of fused-ring (bicyclic) bond motifs is 1. The highest BCUT2D eigenvalue weighted by atomic mass is 16.2. The van der Waals surface area contributed by atoms with Gasteiger partial charge in [0.05, 0.1) is 5.69 Å². The maximum absolute atomic E-state index is 13.2. The number of hydrogen-bond donors (Lipinski definition) is 0. The van der Waals surface area contributed by atoms with Crippen LogP contribution in [0, 0.1) is 6.92 Å². The molecule has 0 saturated carbocycles.